The van der Waals surface area contributed by atoms with Gasteiger partial charge in [-0.15, -0.1) is 0 Å². The molecular formula is C13H14N2O3S. The molecule has 1 amide bonds. The summed E-state index contributed by atoms with van der Waals surface area (Å²) in [6.07, 6.45) is 5.45. The molecule has 5 nitrogen and oxygen atoms in total. The van der Waals surface area contributed by atoms with Gasteiger partial charge in [0.05, 0.1) is 11.8 Å². The van der Waals surface area contributed by atoms with E-state index in [1.165, 1.54) is 4.90 Å². The van der Waals surface area contributed by atoms with Crippen molar-refractivity contribution in [1.29, 1.82) is 0 Å². The van der Waals surface area contributed by atoms with Crippen LogP contribution in [-0.2, 0) is 4.79 Å². The van der Waals surface area contributed by atoms with Crippen molar-refractivity contribution in [3.05, 3.63) is 41.9 Å². The molecule has 0 aromatic carbocycles. The number of aliphatic hydroxyl groups is 1. The topological polar surface area (TPSA) is 65.7 Å². The smallest absolute Gasteiger partial charge is 0.257 e. The molecule has 1 saturated heterocycles. The largest absolute Gasteiger partial charge is 0.465 e. The van der Waals surface area contributed by atoms with Gasteiger partial charge in [-0.2, -0.15) is 0 Å². The first-order valence-electron chi connectivity index (χ1n) is 5.85. The van der Waals surface area contributed by atoms with E-state index in [-0.39, 0.29) is 16.6 Å². The summed E-state index contributed by atoms with van der Waals surface area (Å²) in [6.45, 7) is 2.36. The molecule has 2 rings (SSSR count). The summed E-state index contributed by atoms with van der Waals surface area (Å²) >= 11 is 4.98. The Balaban J connectivity index is 2.17. The first-order valence-corrected chi connectivity index (χ1v) is 6.26. The lowest BCUT2D eigenvalue weighted by Crippen LogP contribution is -2.56. The van der Waals surface area contributed by atoms with Gasteiger partial charge in [-0.05, 0) is 43.4 Å². The van der Waals surface area contributed by atoms with Crippen molar-refractivity contribution in [2.45, 2.75) is 13.2 Å². The molecule has 1 fully saturated rings. The molecule has 2 N–H and O–H groups in total. The number of carbonyl (C=O) groups excluding carboxylic acids is 1. The standard InChI is InChI=1S/C13H14N2O3S/c1-2-15-12(17)10(11(16)14-13(15)19)7-3-5-9-6-4-8-18-9/h3-8,12,17H,2H2,1H3,(H,14,16,19)/b5-3+,10-7-. The van der Waals surface area contributed by atoms with Gasteiger partial charge in [0.15, 0.2) is 11.3 Å². The van der Waals surface area contributed by atoms with Gasteiger partial charge in [-0.25, -0.2) is 0 Å². The monoisotopic (exact) mass is 278 g/mol. The Kier molecular flexibility index (Phi) is 4.13. The van der Waals surface area contributed by atoms with Crippen molar-refractivity contribution in [3.63, 3.8) is 0 Å². The van der Waals surface area contributed by atoms with Crippen LogP contribution < -0.4 is 5.32 Å². The summed E-state index contributed by atoms with van der Waals surface area (Å²) in [5.41, 5.74) is 0.248. The number of likely N-dealkylation sites (N-methyl/N-ethyl adjacent to an activating group) is 1. The molecular weight excluding hydrogens is 264 g/mol. The Morgan fingerprint density at radius 1 is 1.63 bits per heavy atom. The van der Waals surface area contributed by atoms with E-state index in [4.69, 9.17) is 16.6 Å². The third-order valence-electron chi connectivity index (χ3n) is 2.74. The molecule has 1 aliphatic rings. The minimum atomic E-state index is -1.02. The number of hydrogen-bond donors (Lipinski definition) is 2. The van der Waals surface area contributed by atoms with E-state index >= 15 is 0 Å². The van der Waals surface area contributed by atoms with Crippen LogP contribution in [0.3, 0.4) is 0 Å². The van der Waals surface area contributed by atoms with Crippen LogP contribution >= 0.6 is 12.2 Å². The maximum absolute atomic E-state index is 11.8. The normalized spacial score (nSPS) is 22.3. The lowest BCUT2D eigenvalue weighted by atomic mass is 10.1. The molecule has 6 heteroatoms. The van der Waals surface area contributed by atoms with Crippen LogP contribution in [0.15, 0.2) is 40.5 Å². The van der Waals surface area contributed by atoms with Crippen LogP contribution in [0.25, 0.3) is 6.08 Å². The second-order valence-electron chi connectivity index (χ2n) is 3.92. The Morgan fingerprint density at radius 3 is 3.05 bits per heavy atom. The van der Waals surface area contributed by atoms with Crippen molar-refractivity contribution in [2.75, 3.05) is 6.54 Å². The zero-order valence-corrected chi connectivity index (χ0v) is 11.2. The lowest BCUT2D eigenvalue weighted by molar-refractivity contribution is -0.119. The molecule has 0 aliphatic carbocycles. The number of nitrogens with zero attached hydrogens (tertiary/aromatic N) is 1. The van der Waals surface area contributed by atoms with Crippen molar-refractivity contribution < 1.29 is 14.3 Å². The zero-order chi connectivity index (χ0) is 13.8. The average molecular weight is 278 g/mol. The van der Waals surface area contributed by atoms with Gasteiger partial charge in [0, 0.05) is 6.54 Å². The van der Waals surface area contributed by atoms with Gasteiger partial charge in [0.2, 0.25) is 0 Å². The van der Waals surface area contributed by atoms with Crippen LogP contribution in [0.2, 0.25) is 0 Å². The van der Waals surface area contributed by atoms with E-state index in [2.05, 4.69) is 5.32 Å². The number of furan rings is 1. The molecule has 1 aromatic heterocycles. The minimum absolute atomic E-state index is 0.243. The molecule has 19 heavy (non-hydrogen) atoms. The molecule has 1 unspecified atom stereocenters. The minimum Gasteiger partial charge on any atom is -0.465 e. The van der Waals surface area contributed by atoms with E-state index in [1.807, 2.05) is 6.92 Å². The van der Waals surface area contributed by atoms with E-state index in [9.17, 15) is 9.90 Å². The number of carbonyl (C=O) groups is 1. The fraction of sp³-hybridized carbons (Fsp3) is 0.231. The number of thiocarbonyl (C=S) groups is 1. The van der Waals surface area contributed by atoms with Crippen LogP contribution in [0.1, 0.15) is 12.7 Å². The van der Waals surface area contributed by atoms with Crippen LogP contribution in [0.4, 0.5) is 0 Å². The Morgan fingerprint density at radius 2 is 2.42 bits per heavy atom. The van der Waals surface area contributed by atoms with E-state index in [1.54, 1.807) is 36.6 Å². The zero-order valence-electron chi connectivity index (χ0n) is 10.4. The summed E-state index contributed by atoms with van der Waals surface area (Å²) < 4.78 is 5.13. The molecule has 0 radical (unpaired) electrons. The highest BCUT2D eigenvalue weighted by molar-refractivity contribution is 7.80. The second-order valence-corrected chi connectivity index (χ2v) is 4.30. The molecule has 2 heterocycles. The summed E-state index contributed by atoms with van der Waals surface area (Å²) in [5, 5.41) is 12.9. The fourth-order valence-corrected chi connectivity index (χ4v) is 2.07. The van der Waals surface area contributed by atoms with Gasteiger partial charge in [-0.1, -0.05) is 6.08 Å². The van der Waals surface area contributed by atoms with Crippen molar-refractivity contribution in [3.8, 4) is 0 Å². The van der Waals surface area contributed by atoms with Gasteiger partial charge in [0.1, 0.15) is 5.76 Å². The average Bonchev–Trinajstić information content (AvgIpc) is 2.86. The van der Waals surface area contributed by atoms with Crippen molar-refractivity contribution in [1.82, 2.24) is 10.2 Å². The number of amides is 1. The number of allylic oxidation sites excluding steroid dienone is 2. The molecule has 1 atom stereocenters. The first kappa shape index (κ1) is 13.5. The highest BCUT2D eigenvalue weighted by Crippen LogP contribution is 2.15. The SMILES string of the molecule is CCN1C(=S)NC(=O)/C(=C/C=C/c2ccco2)C1O. The Labute approximate surface area is 116 Å². The Bertz CT molecular complexity index is 534. The van der Waals surface area contributed by atoms with Crippen molar-refractivity contribution >= 4 is 29.3 Å². The third kappa shape index (κ3) is 2.91. The number of rotatable bonds is 3. The molecule has 0 bridgehead atoms. The van der Waals surface area contributed by atoms with Crippen LogP contribution in [-0.4, -0.2) is 33.8 Å². The fourth-order valence-electron chi connectivity index (χ4n) is 1.75. The van der Waals surface area contributed by atoms with Gasteiger partial charge in [-0.3, -0.25) is 10.1 Å². The summed E-state index contributed by atoms with van der Waals surface area (Å²) in [4.78, 5) is 13.3. The third-order valence-corrected chi connectivity index (χ3v) is 3.07. The van der Waals surface area contributed by atoms with Gasteiger partial charge < -0.3 is 14.4 Å². The Hall–Kier alpha value is -1.92. The highest BCUT2D eigenvalue weighted by Gasteiger charge is 2.31. The first-order chi connectivity index (χ1) is 9.13. The molecule has 0 saturated carbocycles. The van der Waals surface area contributed by atoms with Crippen molar-refractivity contribution in [2.24, 2.45) is 0 Å². The predicted molar refractivity (Wildman–Crippen MR) is 75.0 cm³/mol. The van der Waals surface area contributed by atoms with Crippen LogP contribution in [0.5, 0.6) is 0 Å². The predicted octanol–water partition coefficient (Wildman–Crippen LogP) is 1.27. The summed E-state index contributed by atoms with van der Waals surface area (Å²) in [5.74, 6) is 0.289. The summed E-state index contributed by atoms with van der Waals surface area (Å²) in [6, 6.07) is 3.56. The molecule has 0 spiro atoms. The summed E-state index contributed by atoms with van der Waals surface area (Å²) in [7, 11) is 0. The second kappa shape index (κ2) is 5.81. The maximum Gasteiger partial charge on any atom is 0.257 e. The maximum atomic E-state index is 11.8. The number of nitrogens with one attached hydrogen (secondary N) is 1. The number of aliphatic hydroxyl groups excluding tert-OH is 1. The van der Waals surface area contributed by atoms with Gasteiger partial charge >= 0.3 is 0 Å². The quantitative estimate of drug-likeness (QED) is 0.644. The van der Waals surface area contributed by atoms with Crippen LogP contribution in [0, 0.1) is 0 Å². The molecule has 100 valence electrons. The molecule has 1 aromatic rings. The highest BCUT2D eigenvalue weighted by atomic mass is 32.1. The van der Waals surface area contributed by atoms with E-state index in [0.29, 0.717) is 12.3 Å². The van der Waals surface area contributed by atoms with E-state index < -0.39 is 6.23 Å². The number of hydrogen-bond acceptors (Lipinski definition) is 4. The van der Waals surface area contributed by atoms with E-state index in [0.717, 1.165) is 0 Å². The molecule has 1 aliphatic heterocycles. The van der Waals surface area contributed by atoms with Gasteiger partial charge in [0.25, 0.3) is 5.91 Å². The lowest BCUT2D eigenvalue weighted by Gasteiger charge is -2.34.